The summed E-state index contributed by atoms with van der Waals surface area (Å²) in [5.41, 5.74) is 0.875. The first-order valence-electron chi connectivity index (χ1n) is 7.12. The normalized spacial score (nSPS) is 9.96. The molecule has 0 saturated heterocycles. The summed E-state index contributed by atoms with van der Waals surface area (Å²) in [5.74, 6) is -0.859. The SMILES string of the molecule is COc1ccc(NC(C)=O)cc1NC(=O)COc1ccccc1F. The monoisotopic (exact) mass is 332 g/mol. The summed E-state index contributed by atoms with van der Waals surface area (Å²) in [5, 5.41) is 5.21. The maximum atomic E-state index is 13.4. The van der Waals surface area contributed by atoms with Gasteiger partial charge in [-0.15, -0.1) is 0 Å². The zero-order chi connectivity index (χ0) is 17.5. The lowest BCUT2D eigenvalue weighted by molar-refractivity contribution is -0.118. The molecule has 0 spiro atoms. The number of hydrogen-bond acceptors (Lipinski definition) is 4. The molecule has 0 fully saturated rings. The van der Waals surface area contributed by atoms with Gasteiger partial charge in [-0.2, -0.15) is 0 Å². The summed E-state index contributed by atoms with van der Waals surface area (Å²) >= 11 is 0. The van der Waals surface area contributed by atoms with Crippen molar-refractivity contribution in [2.45, 2.75) is 6.92 Å². The van der Waals surface area contributed by atoms with Crippen LogP contribution in [0.3, 0.4) is 0 Å². The van der Waals surface area contributed by atoms with Crippen molar-refractivity contribution in [3.05, 3.63) is 48.3 Å². The highest BCUT2D eigenvalue weighted by molar-refractivity contribution is 5.95. The lowest BCUT2D eigenvalue weighted by atomic mass is 10.2. The molecule has 0 aliphatic heterocycles. The Kier molecular flexibility index (Phi) is 5.73. The summed E-state index contributed by atoms with van der Waals surface area (Å²) in [6, 6.07) is 10.6. The average Bonchev–Trinajstić information content (AvgIpc) is 2.54. The predicted molar refractivity (Wildman–Crippen MR) is 87.8 cm³/mol. The standard InChI is InChI=1S/C17H17FN2O4/c1-11(21)19-12-7-8-16(23-2)14(9-12)20-17(22)10-24-15-6-4-3-5-13(15)18/h3-9H,10H2,1-2H3,(H,19,21)(H,20,22). The summed E-state index contributed by atoms with van der Waals surface area (Å²) in [6.07, 6.45) is 0. The van der Waals surface area contributed by atoms with E-state index in [1.165, 1.54) is 32.2 Å². The molecule has 0 aliphatic rings. The Labute approximate surface area is 138 Å². The van der Waals surface area contributed by atoms with Gasteiger partial charge in [0.25, 0.3) is 5.91 Å². The number of carbonyl (C=O) groups excluding carboxylic acids is 2. The third kappa shape index (κ3) is 4.70. The fourth-order valence-corrected chi connectivity index (χ4v) is 1.98. The van der Waals surface area contributed by atoms with Crippen molar-refractivity contribution in [3.8, 4) is 11.5 Å². The fraction of sp³-hybridized carbons (Fsp3) is 0.176. The number of amides is 2. The Morgan fingerprint density at radius 2 is 1.83 bits per heavy atom. The maximum Gasteiger partial charge on any atom is 0.262 e. The number of benzene rings is 2. The molecule has 24 heavy (non-hydrogen) atoms. The number of rotatable bonds is 6. The van der Waals surface area contributed by atoms with E-state index in [0.29, 0.717) is 17.1 Å². The molecule has 7 heteroatoms. The van der Waals surface area contributed by atoms with Crippen molar-refractivity contribution in [2.75, 3.05) is 24.4 Å². The number of halogens is 1. The van der Waals surface area contributed by atoms with Gasteiger partial charge in [0.15, 0.2) is 18.2 Å². The predicted octanol–water partition coefficient (Wildman–Crippen LogP) is 2.81. The minimum absolute atomic E-state index is 0.00777. The van der Waals surface area contributed by atoms with Gasteiger partial charge in [0.05, 0.1) is 12.8 Å². The van der Waals surface area contributed by atoms with E-state index in [1.807, 2.05) is 0 Å². The first kappa shape index (κ1) is 17.3. The number of methoxy groups -OCH3 is 1. The second kappa shape index (κ2) is 7.96. The van der Waals surface area contributed by atoms with Gasteiger partial charge in [-0.05, 0) is 30.3 Å². The number of hydrogen-bond donors (Lipinski definition) is 2. The lowest BCUT2D eigenvalue weighted by Crippen LogP contribution is -2.21. The number of anilines is 2. The molecule has 2 aromatic carbocycles. The summed E-state index contributed by atoms with van der Waals surface area (Å²) in [6.45, 7) is 1.01. The van der Waals surface area contributed by atoms with Gasteiger partial charge in [-0.3, -0.25) is 9.59 Å². The third-order valence-corrected chi connectivity index (χ3v) is 2.99. The van der Waals surface area contributed by atoms with E-state index in [0.717, 1.165) is 0 Å². The van der Waals surface area contributed by atoms with E-state index in [-0.39, 0.29) is 18.3 Å². The van der Waals surface area contributed by atoms with Gasteiger partial charge in [-0.25, -0.2) is 4.39 Å². The van der Waals surface area contributed by atoms with Crippen molar-refractivity contribution in [1.29, 1.82) is 0 Å². The molecule has 0 radical (unpaired) electrons. The Balaban J connectivity index is 2.04. The van der Waals surface area contributed by atoms with Crippen LogP contribution in [0.15, 0.2) is 42.5 Å². The van der Waals surface area contributed by atoms with Crippen LogP contribution in [0, 0.1) is 5.82 Å². The largest absolute Gasteiger partial charge is 0.495 e. The Morgan fingerprint density at radius 1 is 1.08 bits per heavy atom. The quantitative estimate of drug-likeness (QED) is 0.853. The van der Waals surface area contributed by atoms with Crippen molar-refractivity contribution < 1.29 is 23.5 Å². The van der Waals surface area contributed by atoms with Crippen molar-refractivity contribution in [1.82, 2.24) is 0 Å². The summed E-state index contributed by atoms with van der Waals surface area (Å²) < 4.78 is 23.7. The van der Waals surface area contributed by atoms with Crippen LogP contribution in [-0.2, 0) is 9.59 Å². The van der Waals surface area contributed by atoms with E-state index >= 15 is 0 Å². The highest BCUT2D eigenvalue weighted by atomic mass is 19.1. The van der Waals surface area contributed by atoms with E-state index in [4.69, 9.17) is 9.47 Å². The van der Waals surface area contributed by atoms with Crippen molar-refractivity contribution in [3.63, 3.8) is 0 Å². The molecular formula is C17H17FN2O4. The lowest BCUT2D eigenvalue weighted by Gasteiger charge is -2.13. The van der Waals surface area contributed by atoms with Crippen LogP contribution in [0.25, 0.3) is 0 Å². The average molecular weight is 332 g/mol. The van der Waals surface area contributed by atoms with E-state index < -0.39 is 11.7 Å². The number of carbonyl (C=O) groups is 2. The molecule has 0 aliphatic carbocycles. The molecule has 0 unspecified atom stereocenters. The second-order valence-electron chi connectivity index (χ2n) is 4.86. The molecule has 2 amide bonds. The highest BCUT2D eigenvalue weighted by Gasteiger charge is 2.11. The number of nitrogens with one attached hydrogen (secondary N) is 2. The summed E-state index contributed by atoms with van der Waals surface area (Å²) in [7, 11) is 1.46. The Bertz CT molecular complexity index is 749. The molecule has 2 rings (SSSR count). The fourth-order valence-electron chi connectivity index (χ4n) is 1.98. The molecule has 6 nitrogen and oxygen atoms in total. The topological polar surface area (TPSA) is 76.7 Å². The van der Waals surface area contributed by atoms with E-state index in [9.17, 15) is 14.0 Å². The zero-order valence-corrected chi connectivity index (χ0v) is 13.3. The van der Waals surface area contributed by atoms with Crippen LogP contribution >= 0.6 is 0 Å². The van der Waals surface area contributed by atoms with Gasteiger partial charge in [0.1, 0.15) is 5.75 Å². The molecule has 0 atom stereocenters. The molecular weight excluding hydrogens is 315 g/mol. The van der Waals surface area contributed by atoms with Crippen LogP contribution in [0.4, 0.5) is 15.8 Å². The van der Waals surface area contributed by atoms with E-state index in [2.05, 4.69) is 10.6 Å². The van der Waals surface area contributed by atoms with Gasteiger partial charge in [0, 0.05) is 12.6 Å². The molecule has 126 valence electrons. The Hall–Kier alpha value is -3.09. The van der Waals surface area contributed by atoms with Gasteiger partial charge in [-0.1, -0.05) is 12.1 Å². The van der Waals surface area contributed by atoms with Crippen LogP contribution in [0.5, 0.6) is 11.5 Å². The second-order valence-corrected chi connectivity index (χ2v) is 4.86. The zero-order valence-electron chi connectivity index (χ0n) is 13.3. The minimum atomic E-state index is -0.546. The first-order chi connectivity index (χ1) is 11.5. The molecule has 0 bridgehead atoms. The summed E-state index contributed by atoms with van der Waals surface area (Å²) in [4.78, 5) is 23.1. The molecule has 0 heterocycles. The molecule has 0 saturated carbocycles. The first-order valence-corrected chi connectivity index (χ1v) is 7.12. The van der Waals surface area contributed by atoms with Crippen molar-refractivity contribution in [2.24, 2.45) is 0 Å². The van der Waals surface area contributed by atoms with E-state index in [1.54, 1.807) is 24.3 Å². The molecule has 0 aromatic heterocycles. The minimum Gasteiger partial charge on any atom is -0.495 e. The van der Waals surface area contributed by atoms with Crippen LogP contribution in [0.2, 0.25) is 0 Å². The molecule has 2 aromatic rings. The van der Waals surface area contributed by atoms with Crippen LogP contribution in [0.1, 0.15) is 6.92 Å². The smallest absolute Gasteiger partial charge is 0.262 e. The maximum absolute atomic E-state index is 13.4. The van der Waals surface area contributed by atoms with Gasteiger partial charge < -0.3 is 20.1 Å². The highest BCUT2D eigenvalue weighted by Crippen LogP contribution is 2.28. The number of para-hydroxylation sites is 1. The van der Waals surface area contributed by atoms with Gasteiger partial charge in [0.2, 0.25) is 5.91 Å². The number of ether oxygens (including phenoxy) is 2. The van der Waals surface area contributed by atoms with Gasteiger partial charge >= 0.3 is 0 Å². The van der Waals surface area contributed by atoms with Crippen LogP contribution in [-0.4, -0.2) is 25.5 Å². The Morgan fingerprint density at radius 3 is 2.50 bits per heavy atom. The molecule has 2 N–H and O–H groups in total. The van der Waals surface area contributed by atoms with Crippen molar-refractivity contribution >= 4 is 23.2 Å². The van der Waals surface area contributed by atoms with Crippen LogP contribution < -0.4 is 20.1 Å². The third-order valence-electron chi connectivity index (χ3n) is 2.99.